The highest BCUT2D eigenvalue weighted by Gasteiger charge is 2.28. The number of aromatic nitrogens is 2. The molecule has 1 unspecified atom stereocenters. The molecule has 0 spiro atoms. The van der Waals surface area contributed by atoms with Gasteiger partial charge in [-0.05, 0) is 38.7 Å². The Morgan fingerprint density at radius 1 is 1.32 bits per heavy atom. The quantitative estimate of drug-likeness (QED) is 0.861. The Morgan fingerprint density at radius 2 is 2.09 bits per heavy atom. The van der Waals surface area contributed by atoms with Crippen LogP contribution in [0, 0.1) is 19.8 Å². The summed E-state index contributed by atoms with van der Waals surface area (Å²) in [7, 11) is 0. The first-order chi connectivity index (χ1) is 10.6. The number of amides is 1. The minimum atomic E-state index is -0.123. The fourth-order valence-corrected chi connectivity index (χ4v) is 3.56. The number of carbonyl (C=O) groups excluding carboxylic acids is 1. The van der Waals surface area contributed by atoms with Gasteiger partial charge < -0.3 is 9.64 Å². The second kappa shape index (κ2) is 6.73. The molecule has 5 nitrogen and oxygen atoms in total. The highest BCUT2D eigenvalue weighted by atomic mass is 16.5. The van der Waals surface area contributed by atoms with Crippen LogP contribution in [0.3, 0.4) is 0 Å². The van der Waals surface area contributed by atoms with Gasteiger partial charge in [0, 0.05) is 18.7 Å². The summed E-state index contributed by atoms with van der Waals surface area (Å²) < 4.78 is 5.84. The molecule has 1 atom stereocenters. The van der Waals surface area contributed by atoms with Crippen LogP contribution in [0.1, 0.15) is 55.4 Å². The van der Waals surface area contributed by atoms with Crippen molar-refractivity contribution in [3.05, 3.63) is 23.3 Å². The van der Waals surface area contributed by atoms with Gasteiger partial charge in [0.1, 0.15) is 11.9 Å². The van der Waals surface area contributed by atoms with Gasteiger partial charge in [-0.15, -0.1) is 0 Å². The molecule has 1 saturated heterocycles. The third kappa shape index (κ3) is 3.64. The molecule has 2 heterocycles. The van der Waals surface area contributed by atoms with Crippen molar-refractivity contribution < 1.29 is 9.53 Å². The van der Waals surface area contributed by atoms with Gasteiger partial charge >= 0.3 is 0 Å². The van der Waals surface area contributed by atoms with E-state index < -0.39 is 0 Å². The number of carbonyl (C=O) groups is 1. The lowest BCUT2D eigenvalue weighted by atomic mass is 10.0. The van der Waals surface area contributed by atoms with Gasteiger partial charge in [0.25, 0.3) is 0 Å². The van der Waals surface area contributed by atoms with Crippen LogP contribution < -0.4 is 0 Å². The lowest BCUT2D eigenvalue weighted by molar-refractivity contribution is -0.140. The molecule has 0 aromatic carbocycles. The van der Waals surface area contributed by atoms with E-state index in [1.165, 1.54) is 25.7 Å². The maximum absolute atomic E-state index is 12.5. The van der Waals surface area contributed by atoms with Crippen LogP contribution in [0.5, 0.6) is 0 Å². The van der Waals surface area contributed by atoms with Gasteiger partial charge in [-0.3, -0.25) is 4.79 Å². The highest BCUT2D eigenvalue weighted by Crippen LogP contribution is 2.29. The predicted molar refractivity (Wildman–Crippen MR) is 83.4 cm³/mol. The van der Waals surface area contributed by atoms with Gasteiger partial charge in [-0.25, -0.2) is 9.97 Å². The summed E-state index contributed by atoms with van der Waals surface area (Å²) >= 11 is 0. The maximum atomic E-state index is 12.5. The van der Waals surface area contributed by atoms with Gasteiger partial charge in [-0.2, -0.15) is 0 Å². The molecule has 22 heavy (non-hydrogen) atoms. The third-order valence-electron chi connectivity index (χ3n) is 4.67. The molecule has 2 fully saturated rings. The summed E-state index contributed by atoms with van der Waals surface area (Å²) in [5.41, 5.74) is 1.84. The average molecular weight is 303 g/mol. The fraction of sp³-hybridized carbons (Fsp3) is 0.706. The molecule has 0 N–H and O–H groups in total. The number of nitrogens with zero attached hydrogens (tertiary/aromatic N) is 3. The lowest BCUT2D eigenvalue weighted by Crippen LogP contribution is -2.43. The molecule has 1 amide bonds. The van der Waals surface area contributed by atoms with Crippen molar-refractivity contribution >= 4 is 5.91 Å². The Morgan fingerprint density at radius 3 is 2.82 bits per heavy atom. The molecule has 120 valence electrons. The standard InChI is InChI=1S/C17H25N3O2/c1-12-9-15(19-13(2)18-12)16-11-20(7-8-22-16)17(21)10-14-5-3-4-6-14/h9,14,16H,3-8,10-11H2,1-2H3. The zero-order chi connectivity index (χ0) is 15.5. The number of aryl methyl sites for hydroxylation is 2. The minimum Gasteiger partial charge on any atom is -0.368 e. The van der Waals surface area contributed by atoms with Gasteiger partial charge in [0.05, 0.1) is 18.8 Å². The number of hydrogen-bond acceptors (Lipinski definition) is 4. The summed E-state index contributed by atoms with van der Waals surface area (Å²) in [5, 5.41) is 0. The van der Waals surface area contributed by atoms with Crippen molar-refractivity contribution in [1.82, 2.24) is 14.9 Å². The first-order valence-electron chi connectivity index (χ1n) is 8.33. The molecule has 1 aliphatic heterocycles. The zero-order valence-electron chi connectivity index (χ0n) is 13.5. The van der Waals surface area contributed by atoms with E-state index in [1.807, 2.05) is 24.8 Å². The Bertz CT molecular complexity index is 520. The van der Waals surface area contributed by atoms with E-state index in [2.05, 4.69) is 9.97 Å². The Hall–Kier alpha value is -1.49. The third-order valence-corrected chi connectivity index (χ3v) is 4.67. The number of ether oxygens (including phenoxy) is 1. The first kappa shape index (κ1) is 15.4. The van der Waals surface area contributed by atoms with Crippen molar-refractivity contribution in [2.45, 2.75) is 52.1 Å². The van der Waals surface area contributed by atoms with Crippen LogP contribution in [0.4, 0.5) is 0 Å². The predicted octanol–water partition coefficient (Wildman–Crippen LogP) is 2.57. The second-order valence-electron chi connectivity index (χ2n) is 6.54. The van der Waals surface area contributed by atoms with Gasteiger partial charge in [-0.1, -0.05) is 12.8 Å². The molecule has 1 aromatic rings. The van der Waals surface area contributed by atoms with Gasteiger partial charge in [0.15, 0.2) is 0 Å². The number of hydrogen-bond donors (Lipinski definition) is 0. The molecule has 1 aliphatic carbocycles. The Kier molecular flexibility index (Phi) is 4.71. The molecule has 3 rings (SSSR count). The van der Waals surface area contributed by atoms with E-state index >= 15 is 0 Å². The van der Waals surface area contributed by atoms with E-state index in [9.17, 15) is 4.79 Å². The Balaban J connectivity index is 1.64. The fourth-order valence-electron chi connectivity index (χ4n) is 3.56. The molecular formula is C17H25N3O2. The normalized spacial score (nSPS) is 23.0. The maximum Gasteiger partial charge on any atom is 0.223 e. The lowest BCUT2D eigenvalue weighted by Gasteiger charge is -2.33. The van der Waals surface area contributed by atoms with Crippen molar-refractivity contribution in [3.8, 4) is 0 Å². The van der Waals surface area contributed by atoms with Crippen LogP contribution >= 0.6 is 0 Å². The van der Waals surface area contributed by atoms with E-state index in [0.717, 1.165) is 17.2 Å². The number of rotatable bonds is 3. The van der Waals surface area contributed by atoms with Crippen molar-refractivity contribution in [2.75, 3.05) is 19.7 Å². The summed E-state index contributed by atoms with van der Waals surface area (Å²) in [6.45, 7) is 5.75. The monoisotopic (exact) mass is 303 g/mol. The minimum absolute atomic E-state index is 0.123. The molecule has 0 bridgehead atoms. The van der Waals surface area contributed by atoms with E-state index in [-0.39, 0.29) is 12.0 Å². The van der Waals surface area contributed by atoms with Gasteiger partial charge in [0.2, 0.25) is 5.91 Å². The molecule has 5 heteroatoms. The van der Waals surface area contributed by atoms with Crippen LogP contribution in [0.15, 0.2) is 6.07 Å². The van der Waals surface area contributed by atoms with Crippen LogP contribution in [-0.4, -0.2) is 40.5 Å². The summed E-state index contributed by atoms with van der Waals surface area (Å²) in [5.74, 6) is 1.63. The summed E-state index contributed by atoms with van der Waals surface area (Å²) in [4.78, 5) is 23.2. The molecule has 0 radical (unpaired) electrons. The largest absolute Gasteiger partial charge is 0.368 e. The molecule has 2 aliphatic rings. The Labute approximate surface area is 132 Å². The van der Waals surface area contributed by atoms with Crippen molar-refractivity contribution in [3.63, 3.8) is 0 Å². The van der Waals surface area contributed by atoms with Crippen LogP contribution in [0.25, 0.3) is 0 Å². The topological polar surface area (TPSA) is 55.3 Å². The average Bonchev–Trinajstić information content (AvgIpc) is 2.99. The SMILES string of the molecule is Cc1cc(C2CN(C(=O)CC3CCCC3)CCO2)nc(C)n1. The number of morpholine rings is 1. The second-order valence-corrected chi connectivity index (χ2v) is 6.54. The zero-order valence-corrected chi connectivity index (χ0v) is 13.5. The highest BCUT2D eigenvalue weighted by molar-refractivity contribution is 5.76. The smallest absolute Gasteiger partial charge is 0.223 e. The van der Waals surface area contributed by atoms with Crippen molar-refractivity contribution in [2.24, 2.45) is 5.92 Å². The van der Waals surface area contributed by atoms with E-state index in [1.54, 1.807) is 0 Å². The summed E-state index contributed by atoms with van der Waals surface area (Å²) in [6.07, 6.45) is 5.57. The van der Waals surface area contributed by atoms with Crippen LogP contribution in [-0.2, 0) is 9.53 Å². The summed E-state index contributed by atoms with van der Waals surface area (Å²) in [6, 6.07) is 1.96. The van der Waals surface area contributed by atoms with Crippen molar-refractivity contribution in [1.29, 1.82) is 0 Å². The molecule has 1 saturated carbocycles. The molecule has 1 aromatic heterocycles. The molecular weight excluding hydrogens is 278 g/mol. The van der Waals surface area contributed by atoms with E-state index in [0.29, 0.717) is 32.0 Å². The van der Waals surface area contributed by atoms with Crippen LogP contribution in [0.2, 0.25) is 0 Å². The van der Waals surface area contributed by atoms with E-state index in [4.69, 9.17) is 4.74 Å². The first-order valence-corrected chi connectivity index (χ1v) is 8.33.